The number of ketones is 1. The minimum absolute atomic E-state index is 0.311. The summed E-state index contributed by atoms with van der Waals surface area (Å²) in [5, 5.41) is 0. The molecule has 0 aromatic heterocycles. The Labute approximate surface area is 170 Å². The van der Waals surface area contributed by atoms with Gasteiger partial charge in [0.25, 0.3) is 0 Å². The van der Waals surface area contributed by atoms with Crippen LogP contribution in [0.5, 0.6) is 0 Å². The summed E-state index contributed by atoms with van der Waals surface area (Å²) in [6.45, 7) is 7.33. The lowest BCUT2D eigenvalue weighted by Gasteiger charge is -2.63. The first-order valence-electron chi connectivity index (χ1n) is 10.5. The van der Waals surface area contributed by atoms with Gasteiger partial charge < -0.3 is 18.9 Å². The molecule has 0 radical (unpaired) electrons. The Kier molecular flexibility index (Phi) is 3.57. The Morgan fingerprint density at radius 1 is 1.14 bits per heavy atom. The fourth-order valence-corrected chi connectivity index (χ4v) is 7.35. The summed E-state index contributed by atoms with van der Waals surface area (Å²) in [6, 6.07) is 0. The molecule has 0 bridgehead atoms. The van der Waals surface area contributed by atoms with Crippen molar-refractivity contribution in [3.05, 3.63) is 12.3 Å². The molecule has 4 fully saturated rings. The van der Waals surface area contributed by atoms with E-state index in [0.717, 1.165) is 12.8 Å². The predicted molar refractivity (Wildman–Crippen MR) is 99.5 cm³/mol. The quantitative estimate of drug-likeness (QED) is 0.620. The fourth-order valence-electron chi connectivity index (χ4n) is 7.35. The third kappa shape index (κ3) is 2.00. The van der Waals surface area contributed by atoms with Crippen molar-refractivity contribution in [3.8, 4) is 0 Å². The maximum absolute atomic E-state index is 13.8. The second-order valence-electron chi connectivity index (χ2n) is 10.1. The highest BCUT2D eigenvalue weighted by Gasteiger charge is 2.82. The van der Waals surface area contributed by atoms with Gasteiger partial charge in [0.15, 0.2) is 11.7 Å². The van der Waals surface area contributed by atoms with Gasteiger partial charge in [0.05, 0.1) is 11.7 Å². The van der Waals surface area contributed by atoms with Crippen LogP contribution in [-0.4, -0.2) is 47.2 Å². The zero-order valence-corrected chi connectivity index (χ0v) is 17.4. The van der Waals surface area contributed by atoms with Crippen LogP contribution in [0.25, 0.3) is 0 Å². The SMILES string of the molecule is CC(=O)O[C@]1(C)C(=O)[C@@H]2OC(=O)[C@]3(C)CCC[C@@](C)([C@H]23)[C@]12CC[C@@]1(C=COC1)O2. The highest BCUT2D eigenvalue weighted by molar-refractivity contribution is 6.00. The van der Waals surface area contributed by atoms with Gasteiger partial charge in [-0.05, 0) is 45.6 Å². The number of carbonyl (C=O) groups is 3. The van der Waals surface area contributed by atoms with E-state index in [4.69, 9.17) is 18.9 Å². The number of hydrogen-bond acceptors (Lipinski definition) is 7. The molecule has 29 heavy (non-hydrogen) atoms. The number of ether oxygens (including phenoxy) is 4. The summed E-state index contributed by atoms with van der Waals surface area (Å²) in [5.74, 6) is -1.55. The van der Waals surface area contributed by atoms with Gasteiger partial charge in [-0.1, -0.05) is 13.3 Å². The van der Waals surface area contributed by atoms with E-state index in [2.05, 4.69) is 6.92 Å². The van der Waals surface area contributed by atoms with Crippen LogP contribution in [0.2, 0.25) is 0 Å². The number of hydrogen-bond donors (Lipinski definition) is 0. The van der Waals surface area contributed by atoms with Crippen molar-refractivity contribution in [1.29, 1.82) is 0 Å². The first-order valence-corrected chi connectivity index (χ1v) is 10.5. The van der Waals surface area contributed by atoms with E-state index in [0.29, 0.717) is 25.9 Å². The molecule has 0 unspecified atom stereocenters. The van der Waals surface area contributed by atoms with E-state index in [1.807, 2.05) is 13.0 Å². The smallest absolute Gasteiger partial charge is 0.312 e. The Hall–Kier alpha value is -1.89. The molecule has 5 rings (SSSR count). The molecule has 0 amide bonds. The van der Waals surface area contributed by atoms with Gasteiger partial charge in [0.2, 0.25) is 5.78 Å². The van der Waals surface area contributed by atoms with Crippen LogP contribution < -0.4 is 0 Å². The average molecular weight is 404 g/mol. The number of carbonyl (C=O) groups excluding carboxylic acids is 3. The van der Waals surface area contributed by atoms with Crippen molar-refractivity contribution < 1.29 is 33.3 Å². The standard InChI is InChI=1S/C22H28O7/c1-13(23)28-20(4)16(24)14-15-18(2,17(25)27-14)6-5-7-19(15,3)22(20)9-8-21(29-22)10-11-26-12-21/h10-11,14-15H,5-9,12H2,1-4H3/t14-,15-,18-,19+,20-,21+,22-/m1/s1. The average Bonchev–Trinajstić information content (AvgIpc) is 3.33. The molecule has 2 aliphatic carbocycles. The van der Waals surface area contributed by atoms with Crippen LogP contribution in [-0.2, 0) is 33.3 Å². The second-order valence-corrected chi connectivity index (χ2v) is 10.1. The van der Waals surface area contributed by atoms with Crippen molar-refractivity contribution in [2.45, 2.75) is 82.7 Å². The Balaban J connectivity index is 1.73. The second kappa shape index (κ2) is 5.42. The van der Waals surface area contributed by atoms with E-state index in [9.17, 15) is 14.4 Å². The highest BCUT2D eigenvalue weighted by Crippen LogP contribution is 2.71. The van der Waals surface area contributed by atoms with Crippen molar-refractivity contribution in [2.24, 2.45) is 16.7 Å². The van der Waals surface area contributed by atoms with E-state index in [1.165, 1.54) is 6.92 Å². The molecule has 0 aromatic carbocycles. The third-order valence-electron chi connectivity index (χ3n) is 8.61. The molecule has 7 heteroatoms. The molecule has 2 saturated carbocycles. The monoisotopic (exact) mass is 404 g/mol. The van der Waals surface area contributed by atoms with Gasteiger partial charge in [-0.15, -0.1) is 0 Å². The van der Waals surface area contributed by atoms with Crippen LogP contribution in [0.4, 0.5) is 0 Å². The lowest BCUT2D eigenvalue weighted by atomic mass is 9.42. The molecule has 5 aliphatic rings. The van der Waals surface area contributed by atoms with Crippen LogP contribution in [0.1, 0.15) is 59.8 Å². The van der Waals surface area contributed by atoms with Crippen LogP contribution in [0.15, 0.2) is 12.3 Å². The first-order chi connectivity index (χ1) is 13.5. The summed E-state index contributed by atoms with van der Waals surface area (Å²) in [6.07, 6.45) is 6.09. The van der Waals surface area contributed by atoms with Gasteiger partial charge in [-0.2, -0.15) is 0 Å². The minimum Gasteiger partial charge on any atom is -0.498 e. The fraction of sp³-hybridized carbons (Fsp3) is 0.773. The van der Waals surface area contributed by atoms with Crippen LogP contribution >= 0.6 is 0 Å². The summed E-state index contributed by atoms with van der Waals surface area (Å²) < 4.78 is 23.8. The Morgan fingerprint density at radius 2 is 1.90 bits per heavy atom. The normalized spacial score (nSPS) is 52.6. The van der Waals surface area contributed by atoms with Crippen LogP contribution in [0.3, 0.4) is 0 Å². The lowest BCUT2D eigenvalue weighted by Crippen LogP contribution is -2.77. The molecule has 7 atom stereocenters. The summed E-state index contributed by atoms with van der Waals surface area (Å²) in [5.41, 5.74) is -4.56. The van der Waals surface area contributed by atoms with E-state index in [-0.39, 0.29) is 17.7 Å². The molecule has 2 saturated heterocycles. The molecule has 3 heterocycles. The molecule has 7 nitrogen and oxygen atoms in total. The summed E-state index contributed by atoms with van der Waals surface area (Å²) in [4.78, 5) is 38.8. The molecular weight excluding hydrogens is 376 g/mol. The number of Topliss-reactive ketones (excluding diaryl/α,β-unsaturated/α-hetero) is 1. The highest BCUT2D eigenvalue weighted by atomic mass is 16.6. The minimum atomic E-state index is -1.54. The first kappa shape index (κ1) is 19.1. The maximum Gasteiger partial charge on any atom is 0.312 e. The van der Waals surface area contributed by atoms with Gasteiger partial charge in [-0.3, -0.25) is 14.4 Å². The largest absolute Gasteiger partial charge is 0.498 e. The van der Waals surface area contributed by atoms with E-state index < -0.39 is 39.7 Å². The van der Waals surface area contributed by atoms with Crippen molar-refractivity contribution >= 4 is 17.7 Å². The zero-order chi connectivity index (χ0) is 20.9. The number of fused-ring (bicyclic) bond motifs is 1. The molecule has 3 aliphatic heterocycles. The topological polar surface area (TPSA) is 88.1 Å². The van der Waals surface area contributed by atoms with Gasteiger partial charge >= 0.3 is 11.9 Å². The van der Waals surface area contributed by atoms with Gasteiger partial charge in [-0.25, -0.2) is 0 Å². The summed E-state index contributed by atoms with van der Waals surface area (Å²) >= 11 is 0. The zero-order valence-electron chi connectivity index (χ0n) is 17.4. The third-order valence-corrected chi connectivity index (χ3v) is 8.61. The Bertz CT molecular complexity index is 850. The molecule has 2 spiro atoms. The van der Waals surface area contributed by atoms with Crippen molar-refractivity contribution in [1.82, 2.24) is 0 Å². The Morgan fingerprint density at radius 3 is 2.55 bits per heavy atom. The van der Waals surface area contributed by atoms with Crippen LogP contribution in [0, 0.1) is 16.7 Å². The molecule has 0 N–H and O–H groups in total. The van der Waals surface area contributed by atoms with E-state index in [1.54, 1.807) is 13.2 Å². The number of esters is 2. The van der Waals surface area contributed by atoms with Gasteiger partial charge in [0.1, 0.15) is 17.8 Å². The summed E-state index contributed by atoms with van der Waals surface area (Å²) in [7, 11) is 0. The molecule has 0 aromatic rings. The maximum atomic E-state index is 13.8. The van der Waals surface area contributed by atoms with Crippen molar-refractivity contribution in [2.75, 3.05) is 6.61 Å². The van der Waals surface area contributed by atoms with E-state index >= 15 is 0 Å². The lowest BCUT2D eigenvalue weighted by molar-refractivity contribution is -0.285. The predicted octanol–water partition coefficient (Wildman–Crippen LogP) is 2.46. The van der Waals surface area contributed by atoms with Crippen molar-refractivity contribution in [3.63, 3.8) is 0 Å². The molecular formula is C22H28O7. The number of rotatable bonds is 1. The molecule has 158 valence electrons. The van der Waals surface area contributed by atoms with Gasteiger partial charge in [0, 0.05) is 18.3 Å².